The molecule has 0 atom stereocenters. The quantitative estimate of drug-likeness (QED) is 0.689. The van der Waals surface area contributed by atoms with E-state index in [-0.39, 0.29) is 5.78 Å². The van der Waals surface area contributed by atoms with Gasteiger partial charge in [0, 0.05) is 7.05 Å². The zero-order valence-corrected chi connectivity index (χ0v) is 8.10. The van der Waals surface area contributed by atoms with Crippen LogP contribution in [0.15, 0.2) is 6.20 Å². The average molecular weight is 195 g/mol. The number of nitrogens with zero attached hydrogens (tertiary/aromatic N) is 3. The van der Waals surface area contributed by atoms with Crippen molar-refractivity contribution in [3.8, 4) is 0 Å². The van der Waals surface area contributed by atoms with E-state index in [1.54, 1.807) is 7.05 Å². The maximum atomic E-state index is 11.9. The van der Waals surface area contributed by atoms with Gasteiger partial charge in [-0.15, -0.1) is 5.10 Å². The number of rotatable bonds is 2. The molecule has 0 aromatic carbocycles. The molecule has 1 fully saturated rings. The first-order chi connectivity index (χ1) is 6.63. The minimum atomic E-state index is -1.17. The van der Waals surface area contributed by atoms with Gasteiger partial charge in [0.1, 0.15) is 11.3 Å². The lowest BCUT2D eigenvalue weighted by Gasteiger charge is -2.19. The Morgan fingerprint density at radius 3 is 2.71 bits per heavy atom. The van der Waals surface area contributed by atoms with Crippen LogP contribution < -0.4 is 0 Å². The molecule has 1 aliphatic carbocycles. The fourth-order valence-electron chi connectivity index (χ4n) is 1.92. The summed E-state index contributed by atoms with van der Waals surface area (Å²) >= 11 is 0. The molecule has 5 heteroatoms. The van der Waals surface area contributed by atoms with Crippen molar-refractivity contribution < 1.29 is 9.90 Å². The Labute approximate surface area is 81.7 Å². The number of Topliss-reactive ketones (excluding diaryl/α,β-unsaturated/α-hetero) is 1. The molecule has 76 valence electrons. The monoisotopic (exact) mass is 195 g/mol. The van der Waals surface area contributed by atoms with Crippen LogP contribution in [-0.4, -0.2) is 31.5 Å². The average Bonchev–Trinajstić information content (AvgIpc) is 2.74. The predicted molar refractivity (Wildman–Crippen MR) is 48.8 cm³/mol. The van der Waals surface area contributed by atoms with Gasteiger partial charge in [-0.05, 0) is 25.7 Å². The summed E-state index contributed by atoms with van der Waals surface area (Å²) in [7, 11) is 1.65. The maximum Gasteiger partial charge on any atom is 0.213 e. The molecule has 0 bridgehead atoms. The van der Waals surface area contributed by atoms with Crippen LogP contribution >= 0.6 is 0 Å². The van der Waals surface area contributed by atoms with E-state index in [4.69, 9.17) is 0 Å². The fourth-order valence-corrected chi connectivity index (χ4v) is 1.92. The minimum Gasteiger partial charge on any atom is -0.382 e. The molecule has 14 heavy (non-hydrogen) atoms. The molecule has 0 saturated heterocycles. The minimum absolute atomic E-state index is 0.248. The lowest BCUT2D eigenvalue weighted by atomic mass is 9.95. The van der Waals surface area contributed by atoms with Crippen LogP contribution in [0.2, 0.25) is 0 Å². The first-order valence-corrected chi connectivity index (χ1v) is 4.75. The van der Waals surface area contributed by atoms with Gasteiger partial charge in [-0.25, -0.2) is 4.68 Å². The lowest BCUT2D eigenvalue weighted by molar-refractivity contribution is 0.0343. The van der Waals surface area contributed by atoms with Crippen LogP contribution in [0.5, 0.6) is 0 Å². The standard InChI is InChI=1S/C9H13N3O2/c1-12-7(6-10-11-12)8(13)9(14)4-2-3-5-9/h6,14H,2-5H2,1H3. The van der Waals surface area contributed by atoms with E-state index in [1.165, 1.54) is 10.9 Å². The van der Waals surface area contributed by atoms with Crippen LogP contribution in [0.3, 0.4) is 0 Å². The summed E-state index contributed by atoms with van der Waals surface area (Å²) in [6, 6.07) is 0. The van der Waals surface area contributed by atoms with Gasteiger partial charge < -0.3 is 5.11 Å². The topological polar surface area (TPSA) is 68.0 Å². The van der Waals surface area contributed by atoms with Crippen molar-refractivity contribution in [2.24, 2.45) is 7.05 Å². The second-order valence-electron chi connectivity index (χ2n) is 3.81. The Morgan fingerprint density at radius 2 is 2.21 bits per heavy atom. The van der Waals surface area contributed by atoms with Crippen molar-refractivity contribution in [2.45, 2.75) is 31.3 Å². The van der Waals surface area contributed by atoms with Crippen molar-refractivity contribution in [1.29, 1.82) is 0 Å². The Balaban J connectivity index is 2.28. The molecular weight excluding hydrogens is 182 g/mol. The summed E-state index contributed by atoms with van der Waals surface area (Å²) in [5.41, 5.74) is -0.787. The van der Waals surface area contributed by atoms with Gasteiger partial charge in [-0.1, -0.05) is 5.21 Å². The molecule has 0 aliphatic heterocycles. The number of aliphatic hydroxyl groups is 1. The number of aryl methyl sites for hydroxylation is 1. The van der Waals surface area contributed by atoms with Crippen LogP contribution in [0.25, 0.3) is 0 Å². The smallest absolute Gasteiger partial charge is 0.213 e. The van der Waals surface area contributed by atoms with Gasteiger partial charge in [-0.3, -0.25) is 4.79 Å². The Kier molecular flexibility index (Phi) is 2.11. The molecule has 1 saturated carbocycles. The summed E-state index contributed by atoms with van der Waals surface area (Å²) < 4.78 is 1.40. The zero-order valence-electron chi connectivity index (χ0n) is 8.10. The van der Waals surface area contributed by atoms with Gasteiger partial charge >= 0.3 is 0 Å². The van der Waals surface area contributed by atoms with E-state index >= 15 is 0 Å². The highest BCUT2D eigenvalue weighted by molar-refractivity contribution is 6.00. The molecule has 1 aliphatic rings. The molecule has 0 unspecified atom stereocenters. The van der Waals surface area contributed by atoms with Crippen molar-refractivity contribution in [2.75, 3.05) is 0 Å². The summed E-state index contributed by atoms with van der Waals surface area (Å²) in [5.74, 6) is -0.248. The highest BCUT2D eigenvalue weighted by Crippen LogP contribution is 2.32. The van der Waals surface area contributed by atoms with Crippen molar-refractivity contribution in [1.82, 2.24) is 15.0 Å². The summed E-state index contributed by atoms with van der Waals surface area (Å²) in [4.78, 5) is 11.9. The Hall–Kier alpha value is -1.23. The van der Waals surface area contributed by atoms with Crippen molar-refractivity contribution >= 4 is 5.78 Å². The molecule has 2 rings (SSSR count). The largest absolute Gasteiger partial charge is 0.382 e. The van der Waals surface area contributed by atoms with E-state index in [9.17, 15) is 9.90 Å². The van der Waals surface area contributed by atoms with E-state index in [0.717, 1.165) is 12.8 Å². The summed E-state index contributed by atoms with van der Waals surface area (Å²) in [6.07, 6.45) is 4.33. The van der Waals surface area contributed by atoms with E-state index < -0.39 is 5.60 Å². The molecular formula is C9H13N3O2. The zero-order chi connectivity index (χ0) is 10.2. The second kappa shape index (κ2) is 3.16. The van der Waals surface area contributed by atoms with E-state index in [1.807, 2.05) is 0 Å². The number of carbonyl (C=O) groups excluding carboxylic acids is 1. The molecule has 0 radical (unpaired) electrons. The first kappa shape index (κ1) is 9.33. The number of hydrogen-bond donors (Lipinski definition) is 1. The third-order valence-electron chi connectivity index (χ3n) is 2.80. The normalized spacial score (nSPS) is 19.9. The van der Waals surface area contributed by atoms with Gasteiger partial charge in [0.25, 0.3) is 0 Å². The highest BCUT2D eigenvalue weighted by Gasteiger charge is 2.40. The molecule has 5 nitrogen and oxygen atoms in total. The molecule has 1 aromatic heterocycles. The molecule has 0 spiro atoms. The third kappa shape index (κ3) is 1.33. The predicted octanol–water partition coefficient (Wildman–Crippen LogP) is 0.303. The van der Waals surface area contributed by atoms with Gasteiger partial charge in [0.2, 0.25) is 5.78 Å². The second-order valence-corrected chi connectivity index (χ2v) is 3.81. The molecule has 1 N–H and O–H groups in total. The Bertz CT molecular complexity index is 353. The van der Waals surface area contributed by atoms with Crippen LogP contribution in [0.1, 0.15) is 36.2 Å². The molecule has 1 heterocycles. The Morgan fingerprint density at radius 1 is 1.57 bits per heavy atom. The van der Waals surface area contributed by atoms with Gasteiger partial charge in [0.05, 0.1) is 6.20 Å². The molecule has 1 aromatic rings. The van der Waals surface area contributed by atoms with Crippen molar-refractivity contribution in [3.63, 3.8) is 0 Å². The van der Waals surface area contributed by atoms with Crippen LogP contribution in [0.4, 0.5) is 0 Å². The molecule has 0 amide bonds. The van der Waals surface area contributed by atoms with E-state index in [2.05, 4.69) is 10.3 Å². The van der Waals surface area contributed by atoms with Crippen LogP contribution in [0, 0.1) is 0 Å². The summed E-state index contributed by atoms with van der Waals surface area (Å²) in [5, 5.41) is 17.3. The number of hydrogen-bond acceptors (Lipinski definition) is 4. The number of carbonyl (C=O) groups is 1. The van der Waals surface area contributed by atoms with E-state index in [0.29, 0.717) is 18.5 Å². The lowest BCUT2D eigenvalue weighted by Crippen LogP contribution is -2.36. The fraction of sp³-hybridized carbons (Fsp3) is 0.667. The number of ketones is 1. The van der Waals surface area contributed by atoms with Crippen LogP contribution in [-0.2, 0) is 7.05 Å². The third-order valence-corrected chi connectivity index (χ3v) is 2.80. The van der Waals surface area contributed by atoms with Gasteiger partial charge in [0.15, 0.2) is 0 Å². The first-order valence-electron chi connectivity index (χ1n) is 4.75. The van der Waals surface area contributed by atoms with Gasteiger partial charge in [-0.2, -0.15) is 0 Å². The summed E-state index contributed by atoms with van der Waals surface area (Å²) in [6.45, 7) is 0. The number of aromatic nitrogens is 3. The maximum absolute atomic E-state index is 11.9. The SMILES string of the molecule is Cn1nncc1C(=O)C1(O)CCCC1. The van der Waals surface area contributed by atoms with Crippen molar-refractivity contribution in [3.05, 3.63) is 11.9 Å². The highest BCUT2D eigenvalue weighted by atomic mass is 16.3.